The first kappa shape index (κ1) is 18.5. The van der Waals surface area contributed by atoms with Crippen LogP contribution in [0.4, 0.5) is 0 Å². The molecule has 0 amide bonds. The average molecular weight is 378 g/mol. The predicted molar refractivity (Wildman–Crippen MR) is 90.8 cm³/mol. The van der Waals surface area contributed by atoms with E-state index in [0.29, 0.717) is 6.42 Å². The van der Waals surface area contributed by atoms with E-state index >= 15 is 0 Å². The third-order valence-electron chi connectivity index (χ3n) is 3.90. The highest BCUT2D eigenvalue weighted by molar-refractivity contribution is 9.10. The number of hydrogen-bond donors (Lipinski definition) is 1. The van der Waals surface area contributed by atoms with Crippen LogP contribution in [0.25, 0.3) is 0 Å². The lowest BCUT2D eigenvalue weighted by atomic mass is 9.95. The van der Waals surface area contributed by atoms with E-state index in [1.165, 1.54) is 6.26 Å². The molecule has 0 fully saturated rings. The molecule has 1 rings (SSSR count). The Morgan fingerprint density at radius 3 is 2.43 bits per heavy atom. The maximum atomic E-state index is 12.1. The second-order valence-electron chi connectivity index (χ2n) is 5.66. The number of methoxy groups -OCH3 is 1. The van der Waals surface area contributed by atoms with Crippen molar-refractivity contribution in [1.82, 2.24) is 5.32 Å². The van der Waals surface area contributed by atoms with Crippen LogP contribution < -0.4 is 10.1 Å². The van der Waals surface area contributed by atoms with Gasteiger partial charge in [0, 0.05) is 12.3 Å². The van der Waals surface area contributed by atoms with Gasteiger partial charge in [0.15, 0.2) is 9.84 Å². The molecule has 0 aliphatic heterocycles. The van der Waals surface area contributed by atoms with E-state index in [1.54, 1.807) is 21.0 Å². The van der Waals surface area contributed by atoms with Crippen LogP contribution in [0.1, 0.15) is 26.3 Å². The first-order valence-electron chi connectivity index (χ1n) is 6.88. The fourth-order valence-electron chi connectivity index (χ4n) is 2.14. The number of halogens is 1. The molecule has 0 saturated heterocycles. The van der Waals surface area contributed by atoms with Crippen LogP contribution >= 0.6 is 15.9 Å². The van der Waals surface area contributed by atoms with Crippen molar-refractivity contribution in [1.29, 1.82) is 0 Å². The quantitative estimate of drug-likeness (QED) is 0.793. The van der Waals surface area contributed by atoms with Crippen LogP contribution in [0.2, 0.25) is 0 Å². The molecule has 6 heteroatoms. The van der Waals surface area contributed by atoms with Gasteiger partial charge in [-0.05, 0) is 60.4 Å². The maximum absolute atomic E-state index is 12.1. The van der Waals surface area contributed by atoms with E-state index < -0.39 is 14.6 Å². The Hall–Kier alpha value is -0.590. The summed E-state index contributed by atoms with van der Waals surface area (Å²) in [7, 11) is -1.55. The van der Waals surface area contributed by atoms with Crippen LogP contribution in [0.3, 0.4) is 0 Å². The minimum absolute atomic E-state index is 0.155. The number of sulfone groups is 1. The Labute approximate surface area is 136 Å². The van der Waals surface area contributed by atoms with Gasteiger partial charge in [0.1, 0.15) is 5.75 Å². The molecule has 0 heterocycles. The number of hydrogen-bond acceptors (Lipinski definition) is 4. The van der Waals surface area contributed by atoms with E-state index in [2.05, 4.69) is 21.2 Å². The first-order chi connectivity index (χ1) is 9.63. The van der Waals surface area contributed by atoms with Gasteiger partial charge in [0.05, 0.1) is 16.3 Å². The van der Waals surface area contributed by atoms with Crippen molar-refractivity contribution < 1.29 is 13.2 Å². The highest BCUT2D eigenvalue weighted by Crippen LogP contribution is 2.28. The van der Waals surface area contributed by atoms with Gasteiger partial charge in [0.25, 0.3) is 0 Å². The van der Waals surface area contributed by atoms with Crippen molar-refractivity contribution in [3.05, 3.63) is 28.2 Å². The fourth-order valence-corrected chi connectivity index (χ4v) is 3.41. The monoisotopic (exact) mass is 377 g/mol. The fraction of sp³-hybridized carbons (Fsp3) is 0.600. The van der Waals surface area contributed by atoms with E-state index in [4.69, 9.17) is 4.74 Å². The summed E-state index contributed by atoms with van der Waals surface area (Å²) in [4.78, 5) is 0. The van der Waals surface area contributed by atoms with Gasteiger partial charge < -0.3 is 10.1 Å². The summed E-state index contributed by atoms with van der Waals surface area (Å²) in [5.41, 5.74) is 1.06. The maximum Gasteiger partial charge on any atom is 0.154 e. The molecular formula is C15H24BrNO3S. The highest BCUT2D eigenvalue weighted by Gasteiger charge is 2.38. The van der Waals surface area contributed by atoms with Crippen LogP contribution in [-0.2, 0) is 16.3 Å². The summed E-state index contributed by atoms with van der Waals surface area (Å²) in [5, 5.41) is 3.30. The Morgan fingerprint density at radius 2 is 2.00 bits per heavy atom. The predicted octanol–water partition coefficient (Wildman–Crippen LogP) is 2.80. The average Bonchev–Trinajstić information content (AvgIpc) is 2.37. The van der Waals surface area contributed by atoms with Crippen LogP contribution in [0, 0.1) is 0 Å². The molecular weight excluding hydrogens is 354 g/mol. The molecule has 0 aromatic heterocycles. The second kappa shape index (κ2) is 7.11. The lowest BCUT2D eigenvalue weighted by molar-refractivity contribution is 0.408. The molecule has 0 saturated carbocycles. The van der Waals surface area contributed by atoms with Gasteiger partial charge in [-0.25, -0.2) is 8.42 Å². The Morgan fingerprint density at radius 1 is 1.38 bits per heavy atom. The summed E-state index contributed by atoms with van der Waals surface area (Å²) in [6.07, 6.45) is 1.93. The van der Waals surface area contributed by atoms with Gasteiger partial charge in [-0.1, -0.05) is 13.0 Å². The molecule has 1 N–H and O–H groups in total. The van der Waals surface area contributed by atoms with Gasteiger partial charge in [-0.3, -0.25) is 0 Å². The number of nitrogens with one attached hydrogen (secondary N) is 1. The molecule has 0 aliphatic rings. The Kier molecular flexibility index (Phi) is 6.25. The van der Waals surface area contributed by atoms with Gasteiger partial charge in [-0.15, -0.1) is 0 Å². The molecule has 0 radical (unpaired) electrons. The lowest BCUT2D eigenvalue weighted by Gasteiger charge is -2.33. The molecule has 21 heavy (non-hydrogen) atoms. The SMILES string of the molecule is CCNC(Cc1ccc(OC)c(Br)c1)C(C)(C)S(C)(=O)=O. The van der Waals surface area contributed by atoms with E-state index in [0.717, 1.165) is 22.3 Å². The third kappa shape index (κ3) is 4.44. The van der Waals surface area contributed by atoms with E-state index in [9.17, 15) is 8.42 Å². The number of benzene rings is 1. The van der Waals surface area contributed by atoms with Crippen molar-refractivity contribution in [2.45, 2.75) is 38.0 Å². The highest BCUT2D eigenvalue weighted by atomic mass is 79.9. The molecule has 120 valence electrons. The Bertz CT molecular complexity index is 585. The van der Waals surface area contributed by atoms with Crippen molar-refractivity contribution in [2.75, 3.05) is 19.9 Å². The largest absolute Gasteiger partial charge is 0.496 e. The molecule has 0 spiro atoms. The van der Waals surface area contributed by atoms with Crippen molar-refractivity contribution in [3.63, 3.8) is 0 Å². The summed E-state index contributed by atoms with van der Waals surface area (Å²) >= 11 is 3.46. The molecule has 0 bridgehead atoms. The van der Waals surface area contributed by atoms with Crippen molar-refractivity contribution in [2.24, 2.45) is 0 Å². The number of ether oxygens (including phenoxy) is 1. The Balaban J connectivity index is 3.07. The van der Waals surface area contributed by atoms with Crippen LogP contribution in [-0.4, -0.2) is 39.1 Å². The van der Waals surface area contributed by atoms with Gasteiger partial charge >= 0.3 is 0 Å². The minimum Gasteiger partial charge on any atom is -0.496 e. The van der Waals surface area contributed by atoms with Crippen molar-refractivity contribution in [3.8, 4) is 5.75 Å². The lowest BCUT2D eigenvalue weighted by Crippen LogP contribution is -2.52. The zero-order valence-corrected chi connectivity index (χ0v) is 15.6. The topological polar surface area (TPSA) is 55.4 Å². The van der Waals surface area contributed by atoms with Crippen molar-refractivity contribution >= 4 is 25.8 Å². The molecule has 1 unspecified atom stereocenters. The summed E-state index contributed by atoms with van der Waals surface area (Å²) in [5.74, 6) is 0.765. The second-order valence-corrected chi connectivity index (χ2v) is 9.11. The number of rotatable bonds is 7. The van der Waals surface area contributed by atoms with Gasteiger partial charge in [-0.2, -0.15) is 0 Å². The third-order valence-corrected chi connectivity index (χ3v) is 6.72. The van der Waals surface area contributed by atoms with Crippen LogP contribution in [0.15, 0.2) is 22.7 Å². The number of likely N-dealkylation sites (N-methyl/N-ethyl adjacent to an activating group) is 1. The van der Waals surface area contributed by atoms with E-state index in [1.807, 2.05) is 25.1 Å². The first-order valence-corrected chi connectivity index (χ1v) is 9.57. The smallest absolute Gasteiger partial charge is 0.154 e. The van der Waals surface area contributed by atoms with Gasteiger partial charge in [0.2, 0.25) is 0 Å². The van der Waals surface area contributed by atoms with E-state index in [-0.39, 0.29) is 6.04 Å². The molecule has 1 atom stereocenters. The summed E-state index contributed by atoms with van der Waals surface area (Å²) in [6, 6.07) is 5.67. The normalized spacial score (nSPS) is 14.0. The van der Waals surface area contributed by atoms with Crippen LogP contribution in [0.5, 0.6) is 5.75 Å². The zero-order chi connectivity index (χ0) is 16.3. The molecule has 1 aromatic carbocycles. The summed E-state index contributed by atoms with van der Waals surface area (Å²) < 4.78 is 29.4. The summed E-state index contributed by atoms with van der Waals surface area (Å²) in [6.45, 7) is 6.25. The minimum atomic E-state index is -3.17. The standard InChI is InChI=1S/C15H24BrNO3S/c1-6-17-14(15(2,3)21(5,18)19)10-11-7-8-13(20-4)12(16)9-11/h7-9,14,17H,6,10H2,1-5H3. The molecule has 0 aliphatic carbocycles. The molecule has 1 aromatic rings. The molecule has 4 nitrogen and oxygen atoms in total. The zero-order valence-electron chi connectivity index (χ0n) is 13.2.